The number of aromatic nitrogens is 2. The Morgan fingerprint density at radius 2 is 1.96 bits per heavy atom. The Kier molecular flexibility index (Phi) is 4.75. The Morgan fingerprint density at radius 3 is 2.68 bits per heavy atom. The molecule has 25 heavy (non-hydrogen) atoms. The van der Waals surface area contributed by atoms with Crippen molar-refractivity contribution in [3.63, 3.8) is 0 Å². The van der Waals surface area contributed by atoms with Crippen molar-refractivity contribution in [1.29, 1.82) is 0 Å². The molecule has 5 nitrogen and oxygen atoms in total. The Balaban J connectivity index is 1.82. The Hall–Kier alpha value is -3.21. The molecule has 0 fully saturated rings. The predicted molar refractivity (Wildman–Crippen MR) is 99.3 cm³/mol. The number of nitrogens with one attached hydrogen (secondary N) is 1. The molecule has 0 aliphatic rings. The Bertz CT molecular complexity index is 926. The van der Waals surface area contributed by atoms with Crippen LogP contribution in [-0.4, -0.2) is 21.7 Å². The largest absolute Gasteiger partial charge is 0.318 e. The number of pyridine rings is 1. The van der Waals surface area contributed by atoms with Gasteiger partial charge < -0.3 is 4.57 Å². The molecule has 2 heterocycles. The summed E-state index contributed by atoms with van der Waals surface area (Å²) in [6.45, 7) is 6.20. The van der Waals surface area contributed by atoms with Crippen LogP contribution in [0.4, 0.5) is 0 Å². The van der Waals surface area contributed by atoms with Gasteiger partial charge in [0.15, 0.2) is 0 Å². The highest BCUT2D eigenvalue weighted by atomic mass is 16.2. The molecule has 0 aliphatic heterocycles. The zero-order chi connectivity index (χ0) is 17.8. The molecule has 0 saturated heterocycles. The molecule has 3 aromatic rings. The Labute approximate surface area is 147 Å². The number of amides is 1. The molecule has 1 N–H and O–H groups in total. The van der Waals surface area contributed by atoms with E-state index >= 15 is 0 Å². The summed E-state index contributed by atoms with van der Waals surface area (Å²) in [5, 5.41) is 4.08. The van der Waals surface area contributed by atoms with Crippen molar-refractivity contribution in [2.24, 2.45) is 5.10 Å². The topological polar surface area (TPSA) is 59.3 Å². The zero-order valence-electron chi connectivity index (χ0n) is 14.5. The van der Waals surface area contributed by atoms with Gasteiger partial charge in [0.2, 0.25) is 0 Å². The molecule has 126 valence electrons. The lowest BCUT2D eigenvalue weighted by Gasteiger charge is -2.12. The van der Waals surface area contributed by atoms with E-state index in [9.17, 15) is 4.79 Å². The molecular formula is C20H20N4O. The quantitative estimate of drug-likeness (QED) is 0.586. The summed E-state index contributed by atoms with van der Waals surface area (Å²) in [5.74, 6) is -0.280. The minimum Gasteiger partial charge on any atom is -0.318 e. The smallest absolute Gasteiger partial charge is 0.272 e. The zero-order valence-corrected chi connectivity index (χ0v) is 14.5. The van der Waals surface area contributed by atoms with Crippen molar-refractivity contribution in [3.8, 4) is 5.69 Å². The monoisotopic (exact) mass is 332 g/mol. The van der Waals surface area contributed by atoms with E-state index in [1.807, 2.05) is 19.1 Å². The molecule has 0 bridgehead atoms. The van der Waals surface area contributed by atoms with Gasteiger partial charge in [0.1, 0.15) is 0 Å². The molecule has 1 amide bonds. The number of carbonyl (C=O) groups excluding carboxylic acids is 1. The van der Waals surface area contributed by atoms with Gasteiger partial charge in [-0.2, -0.15) is 5.10 Å². The highest BCUT2D eigenvalue weighted by molar-refractivity contribution is 5.94. The number of hydrogen-bond donors (Lipinski definition) is 1. The molecule has 5 heteroatoms. The summed E-state index contributed by atoms with van der Waals surface area (Å²) in [5.41, 5.74) is 8.53. The summed E-state index contributed by atoms with van der Waals surface area (Å²) in [6, 6.07) is 13.7. The second kappa shape index (κ2) is 7.13. The molecule has 0 radical (unpaired) electrons. The van der Waals surface area contributed by atoms with E-state index < -0.39 is 0 Å². The van der Waals surface area contributed by atoms with Gasteiger partial charge in [0, 0.05) is 35.0 Å². The summed E-state index contributed by atoms with van der Waals surface area (Å²) >= 11 is 0. The van der Waals surface area contributed by atoms with Crippen LogP contribution < -0.4 is 5.43 Å². The second-order valence-electron chi connectivity index (χ2n) is 5.89. The van der Waals surface area contributed by atoms with Gasteiger partial charge >= 0.3 is 0 Å². The Morgan fingerprint density at radius 1 is 1.16 bits per heavy atom. The summed E-state index contributed by atoms with van der Waals surface area (Å²) < 4.78 is 2.19. The number of hydrogen-bond acceptors (Lipinski definition) is 3. The highest BCUT2D eigenvalue weighted by Crippen LogP contribution is 2.22. The second-order valence-corrected chi connectivity index (χ2v) is 5.89. The number of carbonyl (C=O) groups is 1. The van der Waals surface area contributed by atoms with Gasteiger partial charge in [-0.1, -0.05) is 18.2 Å². The molecule has 3 rings (SSSR count). The SMILES string of the molecule is Cc1ccccc1-n1c(C)cc(/C=N/NC(=O)c2cccnc2)c1C. The first-order chi connectivity index (χ1) is 12.1. The van der Waals surface area contributed by atoms with Gasteiger partial charge in [-0.25, -0.2) is 5.43 Å². The van der Waals surface area contributed by atoms with Crippen molar-refractivity contribution >= 4 is 12.1 Å². The lowest BCUT2D eigenvalue weighted by atomic mass is 10.2. The number of benzene rings is 1. The van der Waals surface area contributed by atoms with Crippen LogP contribution in [0.15, 0.2) is 60.0 Å². The third kappa shape index (κ3) is 3.50. The maximum absolute atomic E-state index is 12.0. The lowest BCUT2D eigenvalue weighted by Crippen LogP contribution is -2.17. The third-order valence-electron chi connectivity index (χ3n) is 4.12. The molecule has 0 atom stereocenters. The first kappa shape index (κ1) is 16.6. The number of nitrogens with zero attached hydrogens (tertiary/aromatic N) is 3. The van der Waals surface area contributed by atoms with Crippen molar-refractivity contribution in [2.75, 3.05) is 0 Å². The molecular weight excluding hydrogens is 312 g/mol. The fourth-order valence-electron chi connectivity index (χ4n) is 2.83. The minimum atomic E-state index is -0.280. The van der Waals surface area contributed by atoms with E-state index in [0.717, 1.165) is 22.6 Å². The van der Waals surface area contributed by atoms with Crippen molar-refractivity contribution in [3.05, 3.63) is 82.9 Å². The first-order valence-corrected chi connectivity index (χ1v) is 8.06. The van der Waals surface area contributed by atoms with Crippen LogP contribution in [0.3, 0.4) is 0 Å². The third-order valence-corrected chi connectivity index (χ3v) is 4.12. The van der Waals surface area contributed by atoms with Crippen molar-refractivity contribution in [2.45, 2.75) is 20.8 Å². The van der Waals surface area contributed by atoms with Crippen LogP contribution in [0.5, 0.6) is 0 Å². The number of para-hydroxylation sites is 1. The van der Waals surface area contributed by atoms with Crippen LogP contribution in [0.1, 0.15) is 32.9 Å². The van der Waals surface area contributed by atoms with E-state index in [-0.39, 0.29) is 5.91 Å². The molecule has 2 aromatic heterocycles. The van der Waals surface area contributed by atoms with Gasteiger partial charge in [-0.05, 0) is 50.6 Å². The summed E-state index contributed by atoms with van der Waals surface area (Å²) in [7, 11) is 0. The standard InChI is InChI=1S/C20H20N4O/c1-14-7-4-5-9-19(14)24-15(2)11-18(16(24)3)13-22-23-20(25)17-8-6-10-21-12-17/h4-13H,1-3H3,(H,23,25)/b22-13+. The molecule has 0 unspecified atom stereocenters. The summed E-state index contributed by atoms with van der Waals surface area (Å²) in [4.78, 5) is 15.9. The molecule has 1 aromatic carbocycles. The van der Waals surface area contributed by atoms with Gasteiger partial charge in [0.25, 0.3) is 5.91 Å². The maximum atomic E-state index is 12.0. The molecule has 0 spiro atoms. The fourth-order valence-corrected chi connectivity index (χ4v) is 2.83. The van der Waals surface area contributed by atoms with Gasteiger partial charge in [0.05, 0.1) is 11.8 Å². The average molecular weight is 332 g/mol. The molecule has 0 saturated carbocycles. The van der Waals surface area contributed by atoms with Crippen LogP contribution in [0.2, 0.25) is 0 Å². The highest BCUT2D eigenvalue weighted by Gasteiger charge is 2.11. The van der Waals surface area contributed by atoms with E-state index in [4.69, 9.17) is 0 Å². The van der Waals surface area contributed by atoms with Gasteiger partial charge in [-0.15, -0.1) is 0 Å². The number of rotatable bonds is 4. The van der Waals surface area contributed by atoms with E-state index in [0.29, 0.717) is 5.56 Å². The van der Waals surface area contributed by atoms with Crippen LogP contribution >= 0.6 is 0 Å². The first-order valence-electron chi connectivity index (χ1n) is 8.06. The van der Waals surface area contributed by atoms with Crippen molar-refractivity contribution < 1.29 is 4.79 Å². The van der Waals surface area contributed by atoms with Crippen LogP contribution in [-0.2, 0) is 0 Å². The fraction of sp³-hybridized carbons (Fsp3) is 0.150. The summed E-state index contributed by atoms with van der Waals surface area (Å²) in [6.07, 6.45) is 4.81. The number of hydrazone groups is 1. The van der Waals surface area contributed by atoms with Gasteiger partial charge in [-0.3, -0.25) is 9.78 Å². The van der Waals surface area contributed by atoms with E-state index in [1.165, 1.54) is 11.8 Å². The van der Waals surface area contributed by atoms with Crippen LogP contribution in [0.25, 0.3) is 5.69 Å². The van der Waals surface area contributed by atoms with E-state index in [2.05, 4.69) is 52.1 Å². The maximum Gasteiger partial charge on any atom is 0.272 e. The molecule has 0 aliphatic carbocycles. The number of aryl methyl sites for hydroxylation is 2. The van der Waals surface area contributed by atoms with Crippen molar-refractivity contribution in [1.82, 2.24) is 15.0 Å². The minimum absolute atomic E-state index is 0.280. The lowest BCUT2D eigenvalue weighted by molar-refractivity contribution is 0.0955. The predicted octanol–water partition coefficient (Wildman–Crippen LogP) is 3.56. The van der Waals surface area contributed by atoms with Crippen LogP contribution in [0, 0.1) is 20.8 Å². The normalized spacial score (nSPS) is 11.0. The van der Waals surface area contributed by atoms with E-state index in [1.54, 1.807) is 24.5 Å². The average Bonchev–Trinajstić information content (AvgIpc) is 2.90.